The number of allylic oxidation sites excluding steroid dienone is 2. The molecule has 2 bridgehead atoms. The average Bonchev–Trinajstić information content (AvgIpc) is 3.34. The number of carbonyl (C=O) groups is 3. The Bertz CT molecular complexity index is 655. The average molecular weight is 404 g/mol. The van der Waals surface area contributed by atoms with Crippen molar-refractivity contribution in [1.82, 2.24) is 4.90 Å². The molecule has 1 N–H and O–H groups in total. The Labute approximate surface area is 175 Å². The molecule has 29 heavy (non-hydrogen) atoms. The molecule has 0 aromatic heterocycles. The lowest BCUT2D eigenvalue weighted by atomic mass is 9.60. The lowest BCUT2D eigenvalue weighted by Crippen LogP contribution is -2.46. The minimum atomic E-state index is -0.609. The van der Waals surface area contributed by atoms with Gasteiger partial charge in [0.15, 0.2) is 0 Å². The van der Waals surface area contributed by atoms with E-state index in [4.69, 9.17) is 0 Å². The number of amides is 2. The van der Waals surface area contributed by atoms with Crippen molar-refractivity contribution in [3.63, 3.8) is 0 Å². The van der Waals surface area contributed by atoms with Gasteiger partial charge in [-0.25, -0.2) is 0 Å². The Balaban J connectivity index is 0.000000207. The van der Waals surface area contributed by atoms with Crippen molar-refractivity contribution in [2.75, 3.05) is 6.54 Å². The van der Waals surface area contributed by atoms with Crippen LogP contribution in [-0.2, 0) is 14.4 Å². The standard InChI is InChI=1S/C12H19NO2.C12H18O2/c1-2-3-4-5-6-7-10-13-11(14)8-9-12(13)15;1-11(2,3)12(10(13)14)7-8-4-5-9(12)6-8/h8-9H,2-7,10H2,1H3;4-5,8-9H,6-7H2,1-3H3,(H,13,14). The van der Waals surface area contributed by atoms with Gasteiger partial charge in [0.2, 0.25) is 0 Å². The first-order valence-electron chi connectivity index (χ1n) is 11.1. The molecule has 5 nitrogen and oxygen atoms in total. The number of hydrogen-bond acceptors (Lipinski definition) is 3. The van der Waals surface area contributed by atoms with Crippen LogP contribution < -0.4 is 0 Å². The van der Waals surface area contributed by atoms with Gasteiger partial charge in [0.1, 0.15) is 0 Å². The van der Waals surface area contributed by atoms with Crippen LogP contribution in [0.15, 0.2) is 24.3 Å². The SMILES string of the molecule is CC(C)(C)C1(C(=O)O)CC2C=CC1C2.CCCCCCCCN1C(=O)C=CC1=O. The lowest BCUT2D eigenvalue weighted by Gasteiger charge is -2.42. The summed E-state index contributed by atoms with van der Waals surface area (Å²) in [5.74, 6) is -0.163. The van der Waals surface area contributed by atoms with Gasteiger partial charge in [-0.1, -0.05) is 72.0 Å². The predicted octanol–water partition coefficient (Wildman–Crippen LogP) is 4.97. The number of rotatable bonds is 8. The summed E-state index contributed by atoms with van der Waals surface area (Å²) in [5, 5.41) is 9.49. The van der Waals surface area contributed by atoms with Gasteiger partial charge in [-0.05, 0) is 36.5 Å². The number of nitrogens with zero attached hydrogens (tertiary/aromatic N) is 1. The van der Waals surface area contributed by atoms with E-state index in [0.717, 1.165) is 25.7 Å². The van der Waals surface area contributed by atoms with Crippen molar-refractivity contribution in [3.05, 3.63) is 24.3 Å². The Kier molecular flexibility index (Phi) is 7.84. The zero-order valence-electron chi connectivity index (χ0n) is 18.4. The number of unbranched alkanes of at least 4 members (excludes halogenated alkanes) is 5. The van der Waals surface area contributed by atoms with Gasteiger partial charge in [-0.2, -0.15) is 0 Å². The van der Waals surface area contributed by atoms with E-state index in [-0.39, 0.29) is 23.1 Å². The first-order chi connectivity index (χ1) is 13.6. The minimum Gasteiger partial charge on any atom is -0.481 e. The van der Waals surface area contributed by atoms with Gasteiger partial charge in [0.05, 0.1) is 5.41 Å². The van der Waals surface area contributed by atoms with E-state index in [1.165, 1.54) is 42.7 Å². The molecule has 1 saturated carbocycles. The third-order valence-electron chi connectivity index (χ3n) is 6.75. The second-order valence-corrected chi connectivity index (χ2v) is 9.65. The largest absolute Gasteiger partial charge is 0.481 e. The maximum Gasteiger partial charge on any atom is 0.310 e. The zero-order chi connectivity index (χ0) is 21.7. The van der Waals surface area contributed by atoms with Crippen molar-refractivity contribution < 1.29 is 19.5 Å². The number of hydrogen-bond donors (Lipinski definition) is 1. The van der Waals surface area contributed by atoms with Gasteiger partial charge in [-0.3, -0.25) is 19.3 Å². The van der Waals surface area contributed by atoms with E-state index in [9.17, 15) is 19.5 Å². The smallest absolute Gasteiger partial charge is 0.310 e. The van der Waals surface area contributed by atoms with Crippen molar-refractivity contribution in [2.45, 2.75) is 79.1 Å². The van der Waals surface area contributed by atoms with Crippen LogP contribution in [0.4, 0.5) is 0 Å². The molecule has 1 heterocycles. The molecule has 5 heteroatoms. The molecule has 0 saturated heterocycles. The monoisotopic (exact) mass is 403 g/mol. The molecule has 3 aliphatic rings. The molecule has 1 aliphatic heterocycles. The van der Waals surface area contributed by atoms with Crippen LogP contribution in [-0.4, -0.2) is 34.3 Å². The summed E-state index contributed by atoms with van der Waals surface area (Å²) >= 11 is 0. The van der Waals surface area contributed by atoms with E-state index in [1.54, 1.807) is 0 Å². The minimum absolute atomic E-state index is 0.150. The molecule has 3 rings (SSSR count). The topological polar surface area (TPSA) is 74.7 Å². The Morgan fingerprint density at radius 3 is 2.07 bits per heavy atom. The fourth-order valence-corrected chi connectivity index (χ4v) is 4.99. The van der Waals surface area contributed by atoms with Crippen LogP contribution in [0.5, 0.6) is 0 Å². The summed E-state index contributed by atoms with van der Waals surface area (Å²) in [4.78, 5) is 35.2. The van der Waals surface area contributed by atoms with E-state index in [0.29, 0.717) is 12.5 Å². The summed E-state index contributed by atoms with van der Waals surface area (Å²) < 4.78 is 0. The second kappa shape index (κ2) is 9.73. The third kappa shape index (κ3) is 5.18. The van der Waals surface area contributed by atoms with Crippen LogP contribution in [0.1, 0.15) is 79.1 Å². The van der Waals surface area contributed by atoms with E-state index in [1.807, 2.05) is 0 Å². The summed E-state index contributed by atoms with van der Waals surface area (Å²) in [6, 6.07) is 0. The van der Waals surface area contributed by atoms with Crippen molar-refractivity contribution in [3.8, 4) is 0 Å². The lowest BCUT2D eigenvalue weighted by molar-refractivity contribution is -0.159. The van der Waals surface area contributed by atoms with E-state index < -0.39 is 11.4 Å². The van der Waals surface area contributed by atoms with Gasteiger partial charge in [-0.15, -0.1) is 0 Å². The Morgan fingerprint density at radius 2 is 1.66 bits per heavy atom. The first kappa shape index (κ1) is 23.4. The van der Waals surface area contributed by atoms with Crippen LogP contribution >= 0.6 is 0 Å². The first-order valence-corrected chi connectivity index (χ1v) is 11.1. The van der Waals surface area contributed by atoms with Gasteiger partial charge >= 0.3 is 5.97 Å². The molecular formula is C24H37NO4. The Hall–Kier alpha value is -1.91. The number of imide groups is 1. The van der Waals surface area contributed by atoms with Crippen LogP contribution in [0, 0.1) is 22.7 Å². The molecule has 0 spiro atoms. The van der Waals surface area contributed by atoms with Crippen LogP contribution in [0.3, 0.4) is 0 Å². The number of aliphatic carboxylic acids is 1. The predicted molar refractivity (Wildman–Crippen MR) is 114 cm³/mol. The van der Waals surface area contributed by atoms with Crippen molar-refractivity contribution in [1.29, 1.82) is 0 Å². The van der Waals surface area contributed by atoms with Crippen LogP contribution in [0.25, 0.3) is 0 Å². The highest BCUT2D eigenvalue weighted by Crippen LogP contribution is 2.60. The van der Waals surface area contributed by atoms with E-state index >= 15 is 0 Å². The second-order valence-electron chi connectivity index (χ2n) is 9.65. The highest BCUT2D eigenvalue weighted by Gasteiger charge is 2.59. The summed E-state index contributed by atoms with van der Waals surface area (Å²) in [6.45, 7) is 8.92. The quantitative estimate of drug-likeness (QED) is 0.353. The van der Waals surface area contributed by atoms with Crippen molar-refractivity contribution >= 4 is 17.8 Å². The molecule has 0 radical (unpaired) electrons. The number of carbonyl (C=O) groups excluding carboxylic acids is 2. The molecule has 2 amide bonds. The fourth-order valence-electron chi connectivity index (χ4n) is 4.99. The highest BCUT2D eigenvalue weighted by atomic mass is 16.4. The maximum atomic E-state index is 11.5. The molecule has 3 unspecified atom stereocenters. The van der Waals surface area contributed by atoms with Crippen LogP contribution in [0.2, 0.25) is 0 Å². The number of fused-ring (bicyclic) bond motifs is 2. The van der Waals surface area contributed by atoms with Gasteiger partial charge in [0, 0.05) is 18.7 Å². The highest BCUT2D eigenvalue weighted by molar-refractivity contribution is 6.12. The zero-order valence-corrected chi connectivity index (χ0v) is 18.4. The maximum absolute atomic E-state index is 11.5. The molecule has 0 aromatic rings. The normalized spacial score (nSPS) is 27.5. The van der Waals surface area contributed by atoms with Gasteiger partial charge in [0.25, 0.3) is 11.8 Å². The third-order valence-corrected chi connectivity index (χ3v) is 6.75. The molecule has 162 valence electrons. The van der Waals surface area contributed by atoms with Gasteiger partial charge < -0.3 is 5.11 Å². The fraction of sp³-hybridized carbons (Fsp3) is 0.708. The molecule has 2 aliphatic carbocycles. The number of carboxylic acid groups (broad SMARTS) is 1. The summed E-state index contributed by atoms with van der Waals surface area (Å²) in [7, 11) is 0. The molecular weight excluding hydrogens is 366 g/mol. The number of carboxylic acids is 1. The molecule has 1 fully saturated rings. The molecule has 3 atom stereocenters. The Morgan fingerprint density at radius 1 is 1.07 bits per heavy atom. The van der Waals surface area contributed by atoms with E-state index in [2.05, 4.69) is 39.8 Å². The molecule has 0 aromatic carbocycles. The van der Waals surface area contributed by atoms with Crippen molar-refractivity contribution in [2.24, 2.45) is 22.7 Å². The summed E-state index contributed by atoms with van der Waals surface area (Å²) in [5.41, 5.74) is -0.671. The summed E-state index contributed by atoms with van der Waals surface area (Å²) in [6.07, 6.45) is 15.9.